The lowest BCUT2D eigenvalue weighted by atomic mass is 9.35. The van der Waals surface area contributed by atoms with Crippen molar-refractivity contribution in [2.24, 2.45) is 0 Å². The summed E-state index contributed by atoms with van der Waals surface area (Å²) < 4.78 is 7.64. The second-order valence-electron chi connectivity index (χ2n) is 20.3. The topological polar surface area (TPSA) is 22.9 Å². The Morgan fingerprint density at radius 3 is 1.61 bits per heavy atom. The number of fused-ring (bicyclic) bond motifs is 9. The van der Waals surface area contributed by atoms with E-state index in [2.05, 4.69) is 229 Å². The van der Waals surface area contributed by atoms with Crippen LogP contribution in [0.15, 0.2) is 166 Å². The van der Waals surface area contributed by atoms with E-state index in [-0.39, 0.29) is 23.0 Å². The highest BCUT2D eigenvalue weighted by Gasteiger charge is 2.47. The number of hydrogen-bond acceptors (Lipinski definition) is 5. The number of rotatable bonds is 3. The van der Waals surface area contributed by atoms with Gasteiger partial charge in [-0.25, -0.2) is 0 Å². The van der Waals surface area contributed by atoms with Crippen LogP contribution in [-0.2, 0) is 16.2 Å². The Bertz CT molecular complexity index is 3060. The van der Waals surface area contributed by atoms with Crippen LogP contribution in [0.1, 0.15) is 79.0 Å². The normalized spacial score (nSPS) is 14.3. The SMILES string of the molecule is CC(C)(C)c1ccc(N2c3ccc(C(C)(C)C)cc3B3c4oc5c6c(ccc5c4N(c4ccc(C(C)(C)C)cc4)c4cccc2c43)N(c2ccccc2)c2ccccc2S6)cc1. The fourth-order valence-corrected chi connectivity index (χ4v) is 10.9. The smallest absolute Gasteiger partial charge is 0.297 e. The molecule has 3 aliphatic heterocycles. The van der Waals surface area contributed by atoms with E-state index in [1.807, 2.05) is 11.8 Å². The molecule has 306 valence electrons. The van der Waals surface area contributed by atoms with E-state index in [1.54, 1.807) is 0 Å². The summed E-state index contributed by atoms with van der Waals surface area (Å²) in [7, 11) is 0. The van der Waals surface area contributed by atoms with Gasteiger partial charge in [0.2, 0.25) is 0 Å². The zero-order valence-electron chi connectivity index (χ0n) is 37.2. The first-order chi connectivity index (χ1) is 29.7. The van der Waals surface area contributed by atoms with Crippen molar-refractivity contribution in [3.05, 3.63) is 168 Å². The molecule has 3 aliphatic rings. The molecule has 11 rings (SSSR count). The molecule has 0 saturated heterocycles. The monoisotopic (exact) mass is 825 g/mol. The molecule has 62 heavy (non-hydrogen) atoms. The van der Waals surface area contributed by atoms with Gasteiger partial charge < -0.3 is 19.1 Å². The van der Waals surface area contributed by atoms with Crippen LogP contribution in [-0.4, -0.2) is 6.71 Å². The van der Waals surface area contributed by atoms with Crippen molar-refractivity contribution in [1.82, 2.24) is 0 Å². The van der Waals surface area contributed by atoms with Crippen LogP contribution in [0.5, 0.6) is 0 Å². The quantitative estimate of drug-likeness (QED) is 0.165. The van der Waals surface area contributed by atoms with Crippen molar-refractivity contribution >= 4 is 97.2 Å². The molecule has 0 aliphatic carbocycles. The molecule has 8 aromatic rings. The molecule has 0 amide bonds. The molecular weight excluding hydrogens is 774 g/mol. The Hall–Kier alpha value is -6.11. The van der Waals surface area contributed by atoms with Gasteiger partial charge in [0.05, 0.1) is 27.6 Å². The van der Waals surface area contributed by atoms with Crippen LogP contribution in [0.3, 0.4) is 0 Å². The van der Waals surface area contributed by atoms with Gasteiger partial charge in [-0.1, -0.05) is 147 Å². The minimum atomic E-state index is -0.141. The summed E-state index contributed by atoms with van der Waals surface area (Å²) in [6.07, 6.45) is 0. The van der Waals surface area contributed by atoms with Gasteiger partial charge in [-0.2, -0.15) is 0 Å². The lowest BCUT2D eigenvalue weighted by Crippen LogP contribution is -2.61. The van der Waals surface area contributed by atoms with Gasteiger partial charge in [-0.05, 0) is 123 Å². The minimum absolute atomic E-state index is 0.0274. The molecule has 0 spiro atoms. The van der Waals surface area contributed by atoms with Gasteiger partial charge in [-0.15, -0.1) is 0 Å². The molecule has 0 bridgehead atoms. The maximum absolute atomic E-state index is 7.64. The molecule has 0 N–H and O–H groups in total. The van der Waals surface area contributed by atoms with Crippen LogP contribution >= 0.6 is 11.8 Å². The Morgan fingerprint density at radius 1 is 0.452 bits per heavy atom. The molecule has 6 heteroatoms. The van der Waals surface area contributed by atoms with E-state index in [1.165, 1.54) is 55.3 Å². The largest absolute Gasteiger partial charge is 0.467 e. The van der Waals surface area contributed by atoms with Crippen LogP contribution in [0.2, 0.25) is 0 Å². The van der Waals surface area contributed by atoms with Gasteiger partial charge in [0, 0.05) is 44.4 Å². The van der Waals surface area contributed by atoms with E-state index in [0.717, 1.165) is 50.0 Å². The second kappa shape index (κ2) is 13.7. The van der Waals surface area contributed by atoms with Crippen molar-refractivity contribution in [3.8, 4) is 0 Å². The number of nitrogens with zero attached hydrogens (tertiary/aromatic N) is 3. The zero-order valence-corrected chi connectivity index (χ0v) is 38.0. The van der Waals surface area contributed by atoms with Crippen LogP contribution < -0.4 is 31.3 Å². The molecule has 7 aromatic carbocycles. The van der Waals surface area contributed by atoms with Crippen molar-refractivity contribution in [3.63, 3.8) is 0 Å². The highest BCUT2D eigenvalue weighted by Crippen LogP contribution is 2.56. The first-order valence-electron chi connectivity index (χ1n) is 22.0. The van der Waals surface area contributed by atoms with E-state index in [0.29, 0.717) is 0 Å². The summed E-state index contributed by atoms with van der Waals surface area (Å²) in [6, 6.07) is 56.6. The summed E-state index contributed by atoms with van der Waals surface area (Å²) in [5, 5.41) is 1.11. The van der Waals surface area contributed by atoms with Gasteiger partial charge in [-0.3, -0.25) is 0 Å². The van der Waals surface area contributed by atoms with E-state index in [4.69, 9.17) is 4.42 Å². The lowest BCUT2D eigenvalue weighted by Gasteiger charge is -2.43. The van der Waals surface area contributed by atoms with E-state index >= 15 is 0 Å². The maximum atomic E-state index is 7.64. The van der Waals surface area contributed by atoms with E-state index in [9.17, 15) is 0 Å². The summed E-state index contributed by atoms with van der Waals surface area (Å²) in [4.78, 5) is 9.71. The average Bonchev–Trinajstić information content (AvgIpc) is 3.64. The molecule has 0 fully saturated rings. The molecule has 0 unspecified atom stereocenters. The Labute approximate surface area is 371 Å². The number of anilines is 9. The third-order valence-electron chi connectivity index (χ3n) is 13.1. The molecule has 0 saturated carbocycles. The summed E-state index contributed by atoms with van der Waals surface area (Å²) >= 11 is 1.82. The Kier molecular flexibility index (Phi) is 8.57. The zero-order chi connectivity index (χ0) is 42.9. The minimum Gasteiger partial charge on any atom is -0.467 e. The van der Waals surface area contributed by atoms with Crippen LogP contribution in [0.25, 0.3) is 11.0 Å². The molecule has 1 aromatic heterocycles. The number of benzene rings is 7. The van der Waals surface area contributed by atoms with Crippen molar-refractivity contribution in [2.45, 2.75) is 88.3 Å². The number of furan rings is 1. The van der Waals surface area contributed by atoms with Crippen molar-refractivity contribution < 1.29 is 4.42 Å². The van der Waals surface area contributed by atoms with Gasteiger partial charge >= 0.3 is 0 Å². The lowest BCUT2D eigenvalue weighted by molar-refractivity contribution is 0.590. The van der Waals surface area contributed by atoms with Gasteiger partial charge in [0.25, 0.3) is 6.71 Å². The first kappa shape index (κ1) is 38.8. The fourth-order valence-electron chi connectivity index (χ4n) is 9.78. The maximum Gasteiger partial charge on any atom is 0.297 e. The van der Waals surface area contributed by atoms with Gasteiger partial charge in [0.15, 0.2) is 5.58 Å². The number of para-hydroxylation sites is 2. The summed E-state index contributed by atoms with van der Waals surface area (Å²) in [6.45, 7) is 20.5. The summed E-state index contributed by atoms with van der Waals surface area (Å²) in [5.74, 6) is 0. The van der Waals surface area contributed by atoms with E-state index < -0.39 is 0 Å². The second-order valence-corrected chi connectivity index (χ2v) is 21.3. The molecule has 0 atom stereocenters. The highest BCUT2D eigenvalue weighted by molar-refractivity contribution is 8.00. The Balaban J connectivity index is 1.21. The van der Waals surface area contributed by atoms with Crippen LogP contribution in [0.4, 0.5) is 51.2 Å². The fraction of sp³-hybridized carbons (Fsp3) is 0.214. The molecule has 4 heterocycles. The molecule has 4 nitrogen and oxygen atoms in total. The highest BCUT2D eigenvalue weighted by atomic mass is 32.2. The molecular formula is C56H52BN3OS. The predicted octanol–water partition coefficient (Wildman–Crippen LogP) is 14.3. The van der Waals surface area contributed by atoms with Crippen molar-refractivity contribution in [2.75, 3.05) is 14.7 Å². The van der Waals surface area contributed by atoms with Crippen molar-refractivity contribution in [1.29, 1.82) is 0 Å². The summed E-state index contributed by atoms with van der Waals surface area (Å²) in [5.41, 5.74) is 18.7. The standard InChI is InChI=1S/C56H52BN3OS/c1-54(2,3)35-22-27-39(28-23-35)58-43-32-26-37(56(7,8)9)34-42(43)57-49-45(58)19-15-20-46(49)60(40-29-24-36(25-30-40)55(4,5)6)50-41-31-33-47-52(51(41)61-53(50)57)62-48-21-14-13-18-44(48)59(47)38-16-11-10-12-17-38/h10-34H,1-9H3. The van der Waals surface area contributed by atoms with Gasteiger partial charge in [0.1, 0.15) is 0 Å². The number of hydrogen-bond donors (Lipinski definition) is 0. The third-order valence-corrected chi connectivity index (χ3v) is 14.3. The van der Waals surface area contributed by atoms with Crippen LogP contribution in [0, 0.1) is 0 Å². The Morgan fingerprint density at radius 2 is 0.968 bits per heavy atom. The first-order valence-corrected chi connectivity index (χ1v) is 22.8. The third kappa shape index (κ3) is 5.97. The predicted molar refractivity (Wildman–Crippen MR) is 265 cm³/mol. The average molecular weight is 826 g/mol. The molecule has 0 radical (unpaired) electrons.